The fourth-order valence-corrected chi connectivity index (χ4v) is 3.39. The van der Waals surface area contributed by atoms with Crippen LogP contribution in [0.3, 0.4) is 0 Å². The first-order valence-electron chi connectivity index (χ1n) is 6.42. The summed E-state index contributed by atoms with van der Waals surface area (Å²) in [7, 11) is 0. The Morgan fingerprint density at radius 1 is 1.48 bits per heavy atom. The highest BCUT2D eigenvalue weighted by Crippen LogP contribution is 2.29. The third kappa shape index (κ3) is 5.07. The summed E-state index contributed by atoms with van der Waals surface area (Å²) in [6, 6.07) is 0. The average Bonchev–Trinajstić information content (AvgIpc) is 2.99. The van der Waals surface area contributed by atoms with Crippen LogP contribution in [-0.2, 0) is 4.79 Å². The zero-order chi connectivity index (χ0) is 16.8. The molecule has 0 aromatic carbocycles. The number of nitrogens with one attached hydrogen (secondary N) is 2. The van der Waals surface area contributed by atoms with Crippen molar-refractivity contribution in [3.05, 3.63) is 34.5 Å². The molecule has 1 amide bonds. The lowest BCUT2D eigenvalue weighted by Crippen LogP contribution is -2.15. The van der Waals surface area contributed by atoms with E-state index in [0.717, 1.165) is 0 Å². The first-order chi connectivity index (χ1) is 11.0. The van der Waals surface area contributed by atoms with Gasteiger partial charge in [0, 0.05) is 12.7 Å². The van der Waals surface area contributed by atoms with Crippen LogP contribution in [0, 0.1) is 6.92 Å². The van der Waals surface area contributed by atoms with Crippen molar-refractivity contribution in [2.24, 2.45) is 0 Å². The van der Waals surface area contributed by atoms with Gasteiger partial charge in [0.1, 0.15) is 0 Å². The normalized spacial score (nSPS) is 10.4. The molecule has 0 aliphatic carbocycles. The predicted molar refractivity (Wildman–Crippen MR) is 96.9 cm³/mol. The van der Waals surface area contributed by atoms with E-state index in [9.17, 15) is 4.79 Å². The van der Waals surface area contributed by atoms with E-state index >= 15 is 0 Å². The molecule has 2 rings (SSSR count). The Balaban J connectivity index is 1.89. The Kier molecular flexibility index (Phi) is 6.64. The standard InChI is InChI=1S/C13H13Cl2N5OS2/c1-3-4-16-12-19-20-13(23-12)22-6-9(21)18-11-10(15)7(2)8(14)5-17-11/h3,5H,1,4,6H2,2H3,(H,16,19)(H,17,18,21). The number of thioether (sulfide) groups is 1. The van der Waals surface area contributed by atoms with Gasteiger partial charge in [0.05, 0.1) is 15.8 Å². The minimum atomic E-state index is -0.234. The van der Waals surface area contributed by atoms with Crippen molar-refractivity contribution < 1.29 is 4.79 Å². The number of hydrogen-bond donors (Lipinski definition) is 2. The molecule has 23 heavy (non-hydrogen) atoms. The van der Waals surface area contributed by atoms with Crippen molar-refractivity contribution >= 4 is 63.2 Å². The second-order valence-electron chi connectivity index (χ2n) is 4.27. The maximum atomic E-state index is 12.0. The minimum absolute atomic E-state index is 0.176. The number of anilines is 2. The quantitative estimate of drug-likeness (QED) is 0.552. The highest BCUT2D eigenvalue weighted by molar-refractivity contribution is 8.01. The van der Waals surface area contributed by atoms with Crippen LogP contribution in [0.15, 0.2) is 23.2 Å². The second kappa shape index (κ2) is 8.49. The fourth-order valence-electron chi connectivity index (χ4n) is 1.44. The highest BCUT2D eigenvalue weighted by atomic mass is 35.5. The summed E-state index contributed by atoms with van der Waals surface area (Å²) >= 11 is 14.7. The molecule has 122 valence electrons. The number of halogens is 2. The molecule has 2 aromatic heterocycles. The van der Waals surface area contributed by atoms with Crippen molar-refractivity contribution in [1.82, 2.24) is 15.2 Å². The minimum Gasteiger partial charge on any atom is -0.357 e. The van der Waals surface area contributed by atoms with E-state index in [1.54, 1.807) is 13.0 Å². The van der Waals surface area contributed by atoms with E-state index in [-0.39, 0.29) is 11.7 Å². The zero-order valence-corrected chi connectivity index (χ0v) is 15.2. The van der Waals surface area contributed by atoms with Gasteiger partial charge in [-0.3, -0.25) is 4.79 Å². The molecule has 2 heterocycles. The van der Waals surface area contributed by atoms with Gasteiger partial charge in [-0.05, 0) is 12.5 Å². The van der Waals surface area contributed by atoms with E-state index in [4.69, 9.17) is 23.2 Å². The van der Waals surface area contributed by atoms with Crippen LogP contribution in [0.25, 0.3) is 0 Å². The summed E-state index contributed by atoms with van der Waals surface area (Å²) in [6.45, 7) is 5.98. The first kappa shape index (κ1) is 18.0. The van der Waals surface area contributed by atoms with Gasteiger partial charge in [-0.2, -0.15) is 0 Å². The summed E-state index contributed by atoms with van der Waals surface area (Å²) in [5.41, 5.74) is 0.674. The van der Waals surface area contributed by atoms with E-state index in [1.807, 2.05) is 0 Å². The molecule has 0 aliphatic heterocycles. The zero-order valence-electron chi connectivity index (χ0n) is 12.1. The van der Waals surface area contributed by atoms with Crippen LogP contribution in [0.1, 0.15) is 5.56 Å². The Bertz CT molecular complexity index is 722. The Hall–Kier alpha value is -1.35. The van der Waals surface area contributed by atoms with Gasteiger partial charge in [-0.25, -0.2) is 4.98 Å². The molecule has 10 heteroatoms. The summed E-state index contributed by atoms with van der Waals surface area (Å²) < 4.78 is 0.693. The molecule has 0 bridgehead atoms. The highest BCUT2D eigenvalue weighted by Gasteiger charge is 2.13. The molecule has 0 fully saturated rings. The number of carbonyl (C=O) groups excluding carboxylic acids is 1. The maximum Gasteiger partial charge on any atom is 0.236 e. The van der Waals surface area contributed by atoms with Crippen LogP contribution in [0.4, 0.5) is 10.9 Å². The lowest BCUT2D eigenvalue weighted by Gasteiger charge is -2.08. The van der Waals surface area contributed by atoms with Gasteiger partial charge in [0.2, 0.25) is 11.0 Å². The number of aromatic nitrogens is 3. The third-order valence-electron chi connectivity index (χ3n) is 2.59. The van der Waals surface area contributed by atoms with Crippen molar-refractivity contribution in [2.75, 3.05) is 22.9 Å². The Labute approximate surface area is 151 Å². The molecule has 2 N–H and O–H groups in total. The SMILES string of the molecule is C=CCNc1nnc(SCC(=O)Nc2ncc(Cl)c(C)c2Cl)s1. The second-order valence-corrected chi connectivity index (χ2v) is 7.26. The monoisotopic (exact) mass is 389 g/mol. The Morgan fingerprint density at radius 2 is 2.26 bits per heavy atom. The molecule has 0 radical (unpaired) electrons. The van der Waals surface area contributed by atoms with Gasteiger partial charge in [0.15, 0.2) is 10.2 Å². The van der Waals surface area contributed by atoms with Crippen LogP contribution in [0.2, 0.25) is 10.0 Å². The molecule has 0 spiro atoms. The van der Waals surface area contributed by atoms with E-state index in [0.29, 0.717) is 37.4 Å². The number of carbonyl (C=O) groups is 1. The molecule has 0 aliphatic rings. The van der Waals surface area contributed by atoms with E-state index in [2.05, 4.69) is 32.4 Å². The van der Waals surface area contributed by atoms with Crippen molar-refractivity contribution in [3.63, 3.8) is 0 Å². The van der Waals surface area contributed by atoms with Crippen LogP contribution < -0.4 is 10.6 Å². The van der Waals surface area contributed by atoms with Gasteiger partial charge in [-0.15, -0.1) is 16.8 Å². The van der Waals surface area contributed by atoms with Gasteiger partial charge in [0.25, 0.3) is 0 Å². The number of pyridine rings is 1. The lowest BCUT2D eigenvalue weighted by atomic mass is 10.3. The number of hydrogen-bond acceptors (Lipinski definition) is 7. The molecule has 0 atom stereocenters. The molecule has 6 nitrogen and oxygen atoms in total. The van der Waals surface area contributed by atoms with Crippen LogP contribution in [0.5, 0.6) is 0 Å². The van der Waals surface area contributed by atoms with Crippen molar-refractivity contribution in [1.29, 1.82) is 0 Å². The smallest absolute Gasteiger partial charge is 0.236 e. The summed E-state index contributed by atoms with van der Waals surface area (Å²) in [5.74, 6) is 0.238. The van der Waals surface area contributed by atoms with Gasteiger partial charge in [-0.1, -0.05) is 52.4 Å². The van der Waals surface area contributed by atoms with Crippen LogP contribution in [-0.4, -0.2) is 33.4 Å². The maximum absolute atomic E-state index is 12.0. The van der Waals surface area contributed by atoms with Gasteiger partial charge >= 0.3 is 0 Å². The molecule has 0 saturated carbocycles. The number of nitrogens with zero attached hydrogens (tertiary/aromatic N) is 3. The van der Waals surface area contributed by atoms with E-state index in [1.165, 1.54) is 29.3 Å². The largest absolute Gasteiger partial charge is 0.357 e. The van der Waals surface area contributed by atoms with Crippen molar-refractivity contribution in [2.45, 2.75) is 11.3 Å². The first-order valence-corrected chi connectivity index (χ1v) is 8.98. The van der Waals surface area contributed by atoms with Crippen molar-refractivity contribution in [3.8, 4) is 0 Å². The fraction of sp³-hybridized carbons (Fsp3) is 0.231. The average molecular weight is 390 g/mol. The number of amides is 1. The molecular formula is C13H13Cl2N5OS2. The predicted octanol–water partition coefficient (Wildman–Crippen LogP) is 3.88. The molecule has 0 unspecified atom stereocenters. The van der Waals surface area contributed by atoms with Gasteiger partial charge < -0.3 is 10.6 Å². The lowest BCUT2D eigenvalue weighted by molar-refractivity contribution is -0.113. The summed E-state index contributed by atoms with van der Waals surface area (Å²) in [4.78, 5) is 16.0. The summed E-state index contributed by atoms with van der Waals surface area (Å²) in [5, 5.41) is 15.1. The van der Waals surface area contributed by atoms with Crippen LogP contribution >= 0.6 is 46.3 Å². The summed E-state index contributed by atoms with van der Waals surface area (Å²) in [6.07, 6.45) is 3.18. The molecular weight excluding hydrogens is 377 g/mol. The third-order valence-corrected chi connectivity index (χ3v) is 5.45. The Morgan fingerprint density at radius 3 is 3.00 bits per heavy atom. The number of rotatable bonds is 7. The van der Waals surface area contributed by atoms with E-state index < -0.39 is 0 Å². The topological polar surface area (TPSA) is 79.8 Å². The molecule has 0 saturated heterocycles. The molecule has 2 aromatic rings.